The second kappa shape index (κ2) is 5.49. The summed E-state index contributed by atoms with van der Waals surface area (Å²) in [6, 6.07) is 10.6. The van der Waals surface area contributed by atoms with Crippen molar-refractivity contribution in [3.05, 3.63) is 42.5 Å². The van der Waals surface area contributed by atoms with Gasteiger partial charge in [-0.3, -0.25) is 0 Å². The Bertz CT molecular complexity index is 817. The minimum absolute atomic E-state index is 0. The normalized spacial score (nSPS) is 10.3. The van der Waals surface area contributed by atoms with Crippen molar-refractivity contribution in [2.75, 3.05) is 0 Å². The van der Waals surface area contributed by atoms with Crippen molar-refractivity contribution in [3.8, 4) is 34.3 Å². The standard InChI is InChI=1S/C15H10O5.BrH/c16-10-4-2-9(7-12(10)18)13-6-3-8-1-5-11(17)14(19)15(8)20-13;/h1-7H,(H3-,16,17,18,19);1H. The number of aromatic hydroxyl groups is 4. The highest BCUT2D eigenvalue weighted by Gasteiger charge is 2.21. The Hall–Kier alpha value is -2.47. The molecule has 0 aliphatic rings. The lowest BCUT2D eigenvalue weighted by atomic mass is 10.1. The highest BCUT2D eigenvalue weighted by molar-refractivity contribution is 5.86. The fourth-order valence-electron chi connectivity index (χ4n) is 1.96. The molecule has 0 fully saturated rings. The zero-order valence-electron chi connectivity index (χ0n) is 10.6. The van der Waals surface area contributed by atoms with Gasteiger partial charge in [0.05, 0.1) is 10.9 Å². The molecule has 3 aromatic rings. The lowest BCUT2D eigenvalue weighted by Crippen LogP contribution is -3.00. The van der Waals surface area contributed by atoms with Gasteiger partial charge >= 0.3 is 11.3 Å². The monoisotopic (exact) mass is 350 g/mol. The molecule has 21 heavy (non-hydrogen) atoms. The minimum atomic E-state index is -0.340. The Kier molecular flexibility index (Phi) is 3.90. The summed E-state index contributed by atoms with van der Waals surface area (Å²) in [4.78, 5) is 0. The van der Waals surface area contributed by atoms with Gasteiger partial charge in [-0.1, -0.05) is 0 Å². The van der Waals surface area contributed by atoms with Crippen LogP contribution in [-0.4, -0.2) is 20.4 Å². The molecule has 6 heteroatoms. The molecular weight excluding hydrogens is 340 g/mol. The molecule has 108 valence electrons. The molecular formula is C15H11BrO5. The molecule has 0 saturated heterocycles. The molecule has 3 rings (SSSR count). The maximum absolute atomic E-state index is 9.80. The van der Waals surface area contributed by atoms with Crippen molar-refractivity contribution in [3.63, 3.8) is 0 Å². The summed E-state index contributed by atoms with van der Waals surface area (Å²) in [5.41, 5.74) is 0.681. The summed E-state index contributed by atoms with van der Waals surface area (Å²) in [5.74, 6) is -0.721. The fourth-order valence-corrected chi connectivity index (χ4v) is 1.96. The van der Waals surface area contributed by atoms with Gasteiger partial charge in [-0.25, -0.2) is 4.42 Å². The van der Waals surface area contributed by atoms with Crippen LogP contribution >= 0.6 is 0 Å². The maximum Gasteiger partial charge on any atom is 0.405 e. The zero-order valence-corrected chi connectivity index (χ0v) is 12.2. The van der Waals surface area contributed by atoms with Crippen molar-refractivity contribution < 1.29 is 41.8 Å². The van der Waals surface area contributed by atoms with E-state index in [1.54, 1.807) is 24.3 Å². The summed E-state index contributed by atoms with van der Waals surface area (Å²) in [7, 11) is 0. The second-order valence-corrected chi connectivity index (χ2v) is 4.35. The lowest BCUT2D eigenvalue weighted by Gasteiger charge is -1.99. The van der Waals surface area contributed by atoms with Gasteiger partial charge < -0.3 is 37.4 Å². The van der Waals surface area contributed by atoms with Gasteiger partial charge in [0.15, 0.2) is 17.2 Å². The van der Waals surface area contributed by atoms with E-state index in [0.29, 0.717) is 16.7 Å². The van der Waals surface area contributed by atoms with E-state index in [9.17, 15) is 20.4 Å². The average molecular weight is 351 g/mol. The van der Waals surface area contributed by atoms with E-state index >= 15 is 0 Å². The van der Waals surface area contributed by atoms with Gasteiger partial charge in [-0.2, -0.15) is 0 Å². The molecule has 0 spiro atoms. The van der Waals surface area contributed by atoms with Crippen LogP contribution in [0.15, 0.2) is 46.9 Å². The number of fused-ring (bicyclic) bond motifs is 1. The summed E-state index contributed by atoms with van der Waals surface area (Å²) >= 11 is 0. The van der Waals surface area contributed by atoms with Gasteiger partial charge in [0.1, 0.15) is 0 Å². The molecule has 4 N–H and O–H groups in total. The van der Waals surface area contributed by atoms with Crippen molar-refractivity contribution in [1.82, 2.24) is 0 Å². The van der Waals surface area contributed by atoms with Crippen LogP contribution in [0.2, 0.25) is 0 Å². The van der Waals surface area contributed by atoms with E-state index < -0.39 is 0 Å². The van der Waals surface area contributed by atoms with Crippen LogP contribution in [0.25, 0.3) is 22.3 Å². The molecule has 0 atom stereocenters. The molecule has 1 aromatic heterocycles. The highest BCUT2D eigenvalue weighted by Crippen LogP contribution is 2.37. The molecule has 5 nitrogen and oxygen atoms in total. The average Bonchev–Trinajstić information content (AvgIpc) is 2.46. The van der Waals surface area contributed by atoms with Crippen LogP contribution in [0.4, 0.5) is 0 Å². The van der Waals surface area contributed by atoms with E-state index in [0.717, 1.165) is 0 Å². The second-order valence-electron chi connectivity index (χ2n) is 4.35. The van der Waals surface area contributed by atoms with E-state index in [1.165, 1.54) is 18.2 Å². The molecule has 0 saturated carbocycles. The Morgan fingerprint density at radius 2 is 1.38 bits per heavy atom. The molecule has 0 aliphatic heterocycles. The third-order valence-corrected chi connectivity index (χ3v) is 3.03. The SMILES string of the molecule is Oc1ccc(-c2ccc3ccc(O)c(O)c3[o+]2)cc1O.[Br-]. The summed E-state index contributed by atoms with van der Waals surface area (Å²) in [6.07, 6.45) is 0. The number of phenols is 4. The molecule has 0 amide bonds. The Balaban J connectivity index is 0.00000161. The van der Waals surface area contributed by atoms with Crippen molar-refractivity contribution in [2.45, 2.75) is 0 Å². The number of hydrogen-bond donors (Lipinski definition) is 4. The molecule has 0 bridgehead atoms. The van der Waals surface area contributed by atoms with E-state index in [1.807, 2.05) is 0 Å². The largest absolute Gasteiger partial charge is 1.00 e. The predicted octanol–water partition coefficient (Wildman–Crippen LogP) is 0.207. The predicted molar refractivity (Wildman–Crippen MR) is 72.7 cm³/mol. The van der Waals surface area contributed by atoms with E-state index in [-0.39, 0.29) is 45.6 Å². The maximum atomic E-state index is 9.80. The Morgan fingerprint density at radius 1 is 0.714 bits per heavy atom. The zero-order chi connectivity index (χ0) is 14.3. The van der Waals surface area contributed by atoms with Crippen LogP contribution in [0.5, 0.6) is 23.0 Å². The smallest absolute Gasteiger partial charge is 0.405 e. The van der Waals surface area contributed by atoms with Gasteiger partial charge in [0.25, 0.3) is 5.75 Å². The van der Waals surface area contributed by atoms with Crippen molar-refractivity contribution in [1.29, 1.82) is 0 Å². The Morgan fingerprint density at radius 3 is 2.10 bits per heavy atom. The number of phenolic OH excluding ortho intramolecular Hbond substituents is 4. The van der Waals surface area contributed by atoms with Crippen molar-refractivity contribution >= 4 is 11.0 Å². The first-order valence-electron chi connectivity index (χ1n) is 5.86. The molecule has 2 aromatic carbocycles. The Labute approximate surface area is 130 Å². The van der Waals surface area contributed by atoms with Gasteiger partial charge in [-0.15, -0.1) is 0 Å². The molecule has 0 unspecified atom stereocenters. The minimum Gasteiger partial charge on any atom is -1.00 e. The first kappa shape index (κ1) is 14.9. The third-order valence-electron chi connectivity index (χ3n) is 3.03. The van der Waals surface area contributed by atoms with Crippen molar-refractivity contribution in [2.24, 2.45) is 0 Å². The summed E-state index contributed by atoms with van der Waals surface area (Å²) in [6.45, 7) is 0. The number of halogens is 1. The number of hydrogen-bond acceptors (Lipinski definition) is 4. The summed E-state index contributed by atoms with van der Waals surface area (Å²) in [5, 5.41) is 38.7. The number of rotatable bonds is 1. The van der Waals surface area contributed by atoms with Crippen LogP contribution in [-0.2, 0) is 0 Å². The van der Waals surface area contributed by atoms with Gasteiger partial charge in [-0.05, 0) is 30.3 Å². The highest BCUT2D eigenvalue weighted by atomic mass is 79.9. The van der Waals surface area contributed by atoms with Gasteiger partial charge in [0.2, 0.25) is 0 Å². The topological polar surface area (TPSA) is 92.2 Å². The fraction of sp³-hybridized carbons (Fsp3) is 0. The van der Waals surface area contributed by atoms with E-state index in [4.69, 9.17) is 4.42 Å². The molecule has 0 aliphatic carbocycles. The number of benzene rings is 2. The van der Waals surface area contributed by atoms with Crippen LogP contribution in [0.1, 0.15) is 0 Å². The van der Waals surface area contributed by atoms with E-state index in [2.05, 4.69) is 0 Å². The molecule has 0 radical (unpaired) electrons. The first-order chi connectivity index (χ1) is 9.56. The first-order valence-corrected chi connectivity index (χ1v) is 5.86. The van der Waals surface area contributed by atoms with Crippen LogP contribution in [0.3, 0.4) is 0 Å². The lowest BCUT2D eigenvalue weighted by molar-refractivity contribution is -0.00000784. The van der Waals surface area contributed by atoms with Crippen LogP contribution in [0, 0.1) is 0 Å². The summed E-state index contributed by atoms with van der Waals surface area (Å²) < 4.78 is 5.55. The third kappa shape index (κ3) is 2.57. The van der Waals surface area contributed by atoms with Gasteiger partial charge in [0, 0.05) is 12.1 Å². The quantitative estimate of drug-likeness (QED) is 0.372. The van der Waals surface area contributed by atoms with Crippen LogP contribution < -0.4 is 17.0 Å². The molecule has 1 heterocycles.